The quantitative estimate of drug-likeness (QED) is 0.580. The van der Waals surface area contributed by atoms with Crippen LogP contribution in [0.4, 0.5) is 0 Å². The highest BCUT2D eigenvalue weighted by atomic mass is 32.1. The van der Waals surface area contributed by atoms with Crippen molar-refractivity contribution in [1.82, 2.24) is 0 Å². The molecular weight excluding hydrogens is 152 g/mol. The van der Waals surface area contributed by atoms with Gasteiger partial charge in [0.1, 0.15) is 0 Å². The smallest absolute Gasteiger partial charge is 0.00423 e. The summed E-state index contributed by atoms with van der Waals surface area (Å²) < 4.78 is 0. The molecule has 0 bridgehead atoms. The van der Waals surface area contributed by atoms with E-state index in [9.17, 15) is 0 Å². The first-order valence-electron chi connectivity index (χ1n) is 4.94. The minimum atomic E-state index is 0.631. The first-order valence-corrected chi connectivity index (χ1v) is 5.45. The molecule has 0 aliphatic heterocycles. The van der Waals surface area contributed by atoms with Crippen LogP contribution in [-0.4, -0.2) is 5.25 Å². The van der Waals surface area contributed by atoms with E-state index in [-0.39, 0.29) is 0 Å². The van der Waals surface area contributed by atoms with E-state index in [0.717, 1.165) is 5.92 Å². The van der Waals surface area contributed by atoms with E-state index >= 15 is 0 Å². The van der Waals surface area contributed by atoms with E-state index in [4.69, 9.17) is 0 Å². The predicted octanol–water partition coefficient (Wildman–Crippen LogP) is 3.91. The lowest BCUT2D eigenvalue weighted by Gasteiger charge is -2.19. The number of hydrogen-bond donors (Lipinski definition) is 1. The van der Waals surface area contributed by atoms with Crippen molar-refractivity contribution in [3.05, 3.63) is 0 Å². The van der Waals surface area contributed by atoms with Gasteiger partial charge in [-0.15, -0.1) is 0 Å². The van der Waals surface area contributed by atoms with Gasteiger partial charge in [-0.3, -0.25) is 0 Å². The minimum Gasteiger partial charge on any atom is -0.176 e. The van der Waals surface area contributed by atoms with Crippen molar-refractivity contribution in [2.24, 2.45) is 5.92 Å². The summed E-state index contributed by atoms with van der Waals surface area (Å²) in [6.45, 7) is 6.76. The van der Waals surface area contributed by atoms with Crippen molar-refractivity contribution in [3.63, 3.8) is 0 Å². The molecule has 0 amide bonds. The Morgan fingerprint density at radius 2 is 1.73 bits per heavy atom. The minimum absolute atomic E-state index is 0.631. The van der Waals surface area contributed by atoms with Crippen molar-refractivity contribution in [2.45, 2.75) is 58.1 Å². The van der Waals surface area contributed by atoms with Crippen molar-refractivity contribution in [2.75, 3.05) is 0 Å². The van der Waals surface area contributed by atoms with Gasteiger partial charge in [0.15, 0.2) is 0 Å². The Morgan fingerprint density at radius 3 is 2.09 bits per heavy atom. The van der Waals surface area contributed by atoms with Crippen molar-refractivity contribution in [1.29, 1.82) is 0 Å². The summed E-state index contributed by atoms with van der Waals surface area (Å²) >= 11 is 4.58. The summed E-state index contributed by atoms with van der Waals surface area (Å²) in [4.78, 5) is 0. The Kier molecular flexibility index (Phi) is 7.25. The van der Waals surface area contributed by atoms with Gasteiger partial charge in [-0.25, -0.2) is 0 Å². The maximum absolute atomic E-state index is 4.58. The molecule has 0 fully saturated rings. The molecule has 2 unspecified atom stereocenters. The number of hydrogen-bond acceptors (Lipinski definition) is 1. The SMILES string of the molecule is CCCCC(CC)C(S)CC. The Bertz CT molecular complexity index is 80.9. The van der Waals surface area contributed by atoms with Crippen LogP contribution in [0.2, 0.25) is 0 Å². The second-order valence-corrected chi connectivity index (χ2v) is 3.95. The van der Waals surface area contributed by atoms with Gasteiger partial charge in [0.05, 0.1) is 0 Å². The largest absolute Gasteiger partial charge is 0.176 e. The fourth-order valence-electron chi connectivity index (χ4n) is 1.47. The topological polar surface area (TPSA) is 0 Å². The van der Waals surface area contributed by atoms with Gasteiger partial charge in [-0.05, 0) is 18.8 Å². The lowest BCUT2D eigenvalue weighted by Crippen LogP contribution is -2.12. The van der Waals surface area contributed by atoms with Crippen molar-refractivity contribution < 1.29 is 0 Å². The van der Waals surface area contributed by atoms with E-state index in [1.165, 1.54) is 32.1 Å². The number of thiol groups is 1. The highest BCUT2D eigenvalue weighted by Crippen LogP contribution is 2.22. The highest BCUT2D eigenvalue weighted by molar-refractivity contribution is 7.81. The molecule has 0 aliphatic carbocycles. The average Bonchev–Trinajstić information content (AvgIpc) is 2.05. The van der Waals surface area contributed by atoms with Gasteiger partial charge >= 0.3 is 0 Å². The molecule has 0 aromatic heterocycles. The molecule has 11 heavy (non-hydrogen) atoms. The molecule has 0 aromatic rings. The van der Waals surface area contributed by atoms with Gasteiger partial charge in [0.2, 0.25) is 0 Å². The van der Waals surface area contributed by atoms with Crippen LogP contribution >= 0.6 is 12.6 Å². The fraction of sp³-hybridized carbons (Fsp3) is 1.00. The molecule has 0 spiro atoms. The van der Waals surface area contributed by atoms with Crippen molar-refractivity contribution in [3.8, 4) is 0 Å². The molecule has 0 N–H and O–H groups in total. The molecule has 2 atom stereocenters. The lowest BCUT2D eigenvalue weighted by atomic mass is 9.94. The van der Waals surface area contributed by atoms with Crippen LogP contribution in [0, 0.1) is 5.92 Å². The monoisotopic (exact) mass is 174 g/mol. The third-order valence-electron chi connectivity index (χ3n) is 2.42. The zero-order valence-electron chi connectivity index (χ0n) is 8.14. The molecule has 0 radical (unpaired) electrons. The molecule has 68 valence electrons. The Labute approximate surface area is 77.2 Å². The van der Waals surface area contributed by atoms with E-state index < -0.39 is 0 Å². The van der Waals surface area contributed by atoms with E-state index in [2.05, 4.69) is 33.4 Å². The molecule has 0 rings (SSSR count). The van der Waals surface area contributed by atoms with Gasteiger partial charge in [-0.1, -0.05) is 40.0 Å². The summed E-state index contributed by atoms with van der Waals surface area (Å²) in [5, 5.41) is 0.631. The molecule has 0 aliphatic rings. The van der Waals surface area contributed by atoms with Crippen LogP contribution in [0.3, 0.4) is 0 Å². The molecule has 0 aromatic carbocycles. The Hall–Kier alpha value is 0.350. The molecule has 0 heterocycles. The van der Waals surface area contributed by atoms with Gasteiger partial charge in [0, 0.05) is 5.25 Å². The molecule has 0 saturated carbocycles. The summed E-state index contributed by atoms with van der Waals surface area (Å²) in [6, 6.07) is 0. The third-order valence-corrected chi connectivity index (χ3v) is 3.20. The van der Waals surface area contributed by atoms with Gasteiger partial charge < -0.3 is 0 Å². The summed E-state index contributed by atoms with van der Waals surface area (Å²) in [6.07, 6.45) is 6.57. The summed E-state index contributed by atoms with van der Waals surface area (Å²) in [5.41, 5.74) is 0. The van der Waals surface area contributed by atoms with Crippen LogP contribution < -0.4 is 0 Å². The van der Waals surface area contributed by atoms with E-state index in [1.807, 2.05) is 0 Å². The van der Waals surface area contributed by atoms with Crippen molar-refractivity contribution >= 4 is 12.6 Å². The second-order valence-electron chi connectivity index (χ2n) is 3.29. The van der Waals surface area contributed by atoms with Crippen LogP contribution in [0.15, 0.2) is 0 Å². The standard InChI is InChI=1S/C10H22S/c1-4-7-8-9(5-2)10(11)6-3/h9-11H,4-8H2,1-3H3. The van der Waals surface area contributed by atoms with E-state index in [0.29, 0.717) is 5.25 Å². The van der Waals surface area contributed by atoms with E-state index in [1.54, 1.807) is 0 Å². The number of rotatable bonds is 6. The number of unbranched alkanes of at least 4 members (excludes halogenated alkanes) is 1. The highest BCUT2D eigenvalue weighted by Gasteiger charge is 2.12. The predicted molar refractivity (Wildman–Crippen MR) is 56.4 cm³/mol. The third kappa shape index (κ3) is 4.73. The van der Waals surface area contributed by atoms with Crippen LogP contribution in [0.5, 0.6) is 0 Å². The van der Waals surface area contributed by atoms with Gasteiger partial charge in [0.25, 0.3) is 0 Å². The zero-order valence-corrected chi connectivity index (χ0v) is 9.03. The Balaban J connectivity index is 3.56. The fourth-order valence-corrected chi connectivity index (χ4v) is 1.83. The normalized spacial score (nSPS) is 16.4. The van der Waals surface area contributed by atoms with Gasteiger partial charge in [-0.2, -0.15) is 12.6 Å². The molecule has 0 nitrogen and oxygen atoms in total. The second kappa shape index (κ2) is 7.02. The average molecular weight is 174 g/mol. The van der Waals surface area contributed by atoms with Crippen LogP contribution in [0.25, 0.3) is 0 Å². The summed E-state index contributed by atoms with van der Waals surface area (Å²) in [5.74, 6) is 0.850. The van der Waals surface area contributed by atoms with Crippen LogP contribution in [0.1, 0.15) is 52.9 Å². The first kappa shape index (κ1) is 11.4. The molecular formula is C10H22S. The zero-order chi connectivity index (χ0) is 8.69. The maximum atomic E-state index is 4.58. The van der Waals surface area contributed by atoms with Crippen LogP contribution in [-0.2, 0) is 0 Å². The molecule has 0 saturated heterocycles. The maximum Gasteiger partial charge on any atom is 0.00423 e. The summed E-state index contributed by atoms with van der Waals surface area (Å²) in [7, 11) is 0. The Morgan fingerprint density at radius 1 is 1.09 bits per heavy atom. The lowest BCUT2D eigenvalue weighted by molar-refractivity contribution is 0.430. The molecule has 1 heteroatoms. The first-order chi connectivity index (χ1) is 5.26.